The molecule has 5 nitrogen and oxygen atoms in total. The standard InChI is InChI=1S/C12H11BrF3NO4/c13-8-2-1-6(12(14,15)16)5-7(8)10(19)17-9(3-4-18)11(20)21/h1-2,5,9,18H,3-4H2,(H,17,19)(H,20,21)/t9-/m0/s1. The summed E-state index contributed by atoms with van der Waals surface area (Å²) in [5.41, 5.74) is -1.36. The van der Waals surface area contributed by atoms with E-state index in [1.54, 1.807) is 0 Å². The predicted octanol–water partition coefficient (Wildman–Crippen LogP) is 2.03. The number of carboxylic acid groups (broad SMARTS) is 1. The lowest BCUT2D eigenvalue weighted by Gasteiger charge is -2.15. The molecule has 0 heterocycles. The number of hydrogen-bond acceptors (Lipinski definition) is 3. The zero-order valence-electron chi connectivity index (χ0n) is 10.4. The van der Waals surface area contributed by atoms with Gasteiger partial charge in [0.15, 0.2) is 0 Å². The number of carboxylic acids is 1. The molecule has 0 saturated heterocycles. The van der Waals surface area contributed by atoms with E-state index in [0.29, 0.717) is 6.07 Å². The van der Waals surface area contributed by atoms with Crippen molar-refractivity contribution in [1.82, 2.24) is 5.32 Å². The van der Waals surface area contributed by atoms with Gasteiger partial charge in [0.05, 0.1) is 11.1 Å². The van der Waals surface area contributed by atoms with Crippen LogP contribution in [0.2, 0.25) is 0 Å². The number of nitrogens with one attached hydrogen (secondary N) is 1. The zero-order chi connectivity index (χ0) is 16.2. The van der Waals surface area contributed by atoms with E-state index in [2.05, 4.69) is 21.2 Å². The highest BCUT2D eigenvalue weighted by molar-refractivity contribution is 9.10. The number of alkyl halides is 3. The van der Waals surface area contributed by atoms with Gasteiger partial charge in [-0.15, -0.1) is 0 Å². The van der Waals surface area contributed by atoms with Gasteiger partial charge in [-0.3, -0.25) is 4.79 Å². The maximum Gasteiger partial charge on any atom is 0.416 e. The first-order chi connectivity index (χ1) is 9.66. The SMILES string of the molecule is O=C(N[C@@H](CCO)C(=O)O)c1cc(C(F)(F)F)ccc1Br. The van der Waals surface area contributed by atoms with Crippen LogP contribution in [0, 0.1) is 0 Å². The molecule has 0 spiro atoms. The van der Waals surface area contributed by atoms with E-state index in [4.69, 9.17) is 10.2 Å². The Labute approximate surface area is 125 Å². The molecule has 0 saturated carbocycles. The van der Waals surface area contributed by atoms with Crippen LogP contribution in [0.1, 0.15) is 22.3 Å². The van der Waals surface area contributed by atoms with Crippen LogP contribution in [0.15, 0.2) is 22.7 Å². The van der Waals surface area contributed by atoms with Gasteiger partial charge in [0.25, 0.3) is 5.91 Å². The van der Waals surface area contributed by atoms with Crippen LogP contribution in [-0.4, -0.2) is 34.7 Å². The number of halogens is 4. The summed E-state index contributed by atoms with van der Waals surface area (Å²) in [7, 11) is 0. The lowest BCUT2D eigenvalue weighted by Crippen LogP contribution is -2.41. The monoisotopic (exact) mass is 369 g/mol. The molecule has 0 aliphatic heterocycles. The molecule has 1 rings (SSSR count). The van der Waals surface area contributed by atoms with Gasteiger partial charge >= 0.3 is 12.1 Å². The van der Waals surface area contributed by atoms with Gasteiger partial charge in [-0.05, 0) is 34.1 Å². The molecule has 21 heavy (non-hydrogen) atoms. The lowest BCUT2D eigenvalue weighted by molar-refractivity contribution is -0.140. The van der Waals surface area contributed by atoms with Gasteiger partial charge in [-0.2, -0.15) is 13.2 Å². The number of rotatable bonds is 5. The number of aliphatic carboxylic acids is 1. The first kappa shape index (κ1) is 17.4. The summed E-state index contributed by atoms with van der Waals surface area (Å²) in [6, 6.07) is 1.09. The Morgan fingerprint density at radius 3 is 2.43 bits per heavy atom. The first-order valence-electron chi connectivity index (χ1n) is 5.68. The summed E-state index contributed by atoms with van der Waals surface area (Å²) in [5, 5.41) is 19.6. The molecule has 1 aromatic rings. The van der Waals surface area contributed by atoms with Gasteiger partial charge in [0.1, 0.15) is 6.04 Å². The minimum absolute atomic E-state index is 0.0983. The topological polar surface area (TPSA) is 86.6 Å². The van der Waals surface area contributed by atoms with Crippen molar-refractivity contribution in [3.8, 4) is 0 Å². The molecule has 1 amide bonds. The maximum atomic E-state index is 12.6. The van der Waals surface area contributed by atoms with Gasteiger partial charge in [-0.25, -0.2) is 4.79 Å². The van der Waals surface area contributed by atoms with E-state index in [0.717, 1.165) is 12.1 Å². The van der Waals surface area contributed by atoms with Crippen molar-refractivity contribution < 1.29 is 33.0 Å². The highest BCUT2D eigenvalue weighted by Gasteiger charge is 2.32. The van der Waals surface area contributed by atoms with E-state index in [1.165, 1.54) is 0 Å². The van der Waals surface area contributed by atoms with Crippen LogP contribution in [0.3, 0.4) is 0 Å². The van der Waals surface area contributed by atoms with Crippen LogP contribution in [-0.2, 0) is 11.0 Å². The van der Waals surface area contributed by atoms with Crippen molar-refractivity contribution in [1.29, 1.82) is 0 Å². The molecule has 0 aliphatic rings. The number of aliphatic hydroxyl groups is 1. The van der Waals surface area contributed by atoms with Crippen molar-refractivity contribution >= 4 is 27.8 Å². The minimum Gasteiger partial charge on any atom is -0.480 e. The summed E-state index contributed by atoms with van der Waals surface area (Å²) in [5.74, 6) is -2.37. The minimum atomic E-state index is -4.62. The largest absolute Gasteiger partial charge is 0.480 e. The van der Waals surface area contributed by atoms with Crippen LogP contribution < -0.4 is 5.32 Å². The quantitative estimate of drug-likeness (QED) is 0.741. The summed E-state index contributed by atoms with van der Waals surface area (Å²) in [6.45, 7) is -0.485. The second kappa shape index (κ2) is 6.90. The van der Waals surface area contributed by atoms with Crippen molar-refractivity contribution in [2.45, 2.75) is 18.6 Å². The normalized spacial score (nSPS) is 12.8. The number of carbonyl (C=O) groups excluding carboxylic acids is 1. The van der Waals surface area contributed by atoms with Crippen LogP contribution in [0.5, 0.6) is 0 Å². The predicted molar refractivity (Wildman–Crippen MR) is 69.7 cm³/mol. The number of benzene rings is 1. The Kier molecular flexibility index (Phi) is 5.73. The molecule has 0 radical (unpaired) electrons. The van der Waals surface area contributed by atoms with E-state index in [9.17, 15) is 22.8 Å². The highest BCUT2D eigenvalue weighted by Crippen LogP contribution is 2.31. The Bertz CT molecular complexity index is 548. The van der Waals surface area contributed by atoms with Crippen molar-refractivity contribution in [3.63, 3.8) is 0 Å². The Morgan fingerprint density at radius 1 is 1.33 bits per heavy atom. The van der Waals surface area contributed by atoms with Gasteiger partial charge in [-0.1, -0.05) is 0 Å². The summed E-state index contributed by atoms with van der Waals surface area (Å²) in [4.78, 5) is 22.7. The molecule has 116 valence electrons. The molecule has 1 atom stereocenters. The molecule has 3 N–H and O–H groups in total. The van der Waals surface area contributed by atoms with Crippen molar-refractivity contribution in [2.75, 3.05) is 6.61 Å². The molecular weight excluding hydrogens is 359 g/mol. The average Bonchev–Trinajstić information content (AvgIpc) is 2.36. The van der Waals surface area contributed by atoms with Crippen LogP contribution >= 0.6 is 15.9 Å². The van der Waals surface area contributed by atoms with E-state index < -0.39 is 36.3 Å². The molecule has 9 heteroatoms. The van der Waals surface area contributed by atoms with E-state index in [1.807, 2.05) is 0 Å². The third-order valence-electron chi connectivity index (χ3n) is 2.56. The van der Waals surface area contributed by atoms with Gasteiger partial charge in [0, 0.05) is 17.5 Å². The molecule has 0 aliphatic carbocycles. The van der Waals surface area contributed by atoms with Crippen LogP contribution in [0.4, 0.5) is 13.2 Å². The van der Waals surface area contributed by atoms with Gasteiger partial charge < -0.3 is 15.5 Å². The number of carbonyl (C=O) groups is 2. The Morgan fingerprint density at radius 2 is 1.95 bits per heavy atom. The fourth-order valence-electron chi connectivity index (χ4n) is 1.50. The number of amides is 1. The molecular formula is C12H11BrF3NO4. The first-order valence-corrected chi connectivity index (χ1v) is 6.47. The van der Waals surface area contributed by atoms with Crippen molar-refractivity contribution in [3.05, 3.63) is 33.8 Å². The highest BCUT2D eigenvalue weighted by atomic mass is 79.9. The van der Waals surface area contributed by atoms with E-state index in [-0.39, 0.29) is 16.5 Å². The Hall–Kier alpha value is -1.61. The second-order valence-corrected chi connectivity index (χ2v) is 4.92. The molecule has 1 aromatic carbocycles. The number of hydrogen-bond donors (Lipinski definition) is 3. The Balaban J connectivity index is 3.04. The average molecular weight is 370 g/mol. The summed E-state index contributed by atoms with van der Waals surface area (Å²) >= 11 is 2.94. The fraction of sp³-hybridized carbons (Fsp3) is 0.333. The molecule has 0 aromatic heterocycles. The smallest absolute Gasteiger partial charge is 0.416 e. The summed E-state index contributed by atoms with van der Waals surface area (Å²) < 4.78 is 37.9. The lowest BCUT2D eigenvalue weighted by atomic mass is 10.1. The molecule has 0 bridgehead atoms. The fourth-order valence-corrected chi connectivity index (χ4v) is 1.92. The third-order valence-corrected chi connectivity index (χ3v) is 3.25. The number of aliphatic hydroxyl groups excluding tert-OH is 1. The van der Waals surface area contributed by atoms with E-state index >= 15 is 0 Å². The zero-order valence-corrected chi connectivity index (χ0v) is 12.0. The van der Waals surface area contributed by atoms with Crippen LogP contribution in [0.25, 0.3) is 0 Å². The maximum absolute atomic E-state index is 12.6. The third kappa shape index (κ3) is 4.71. The summed E-state index contributed by atoms with van der Waals surface area (Å²) in [6.07, 6.45) is -4.87. The molecule has 0 unspecified atom stereocenters. The second-order valence-electron chi connectivity index (χ2n) is 4.07. The van der Waals surface area contributed by atoms with Gasteiger partial charge in [0.2, 0.25) is 0 Å². The molecule has 0 fully saturated rings. The van der Waals surface area contributed by atoms with Crippen molar-refractivity contribution in [2.24, 2.45) is 0 Å².